The summed E-state index contributed by atoms with van der Waals surface area (Å²) in [7, 11) is 0. The monoisotopic (exact) mass is 355 g/mol. The molecule has 2 aromatic carbocycles. The molecular weight excluding hydrogens is 337 g/mol. The van der Waals surface area contributed by atoms with Gasteiger partial charge in [0.15, 0.2) is 0 Å². The first kappa shape index (κ1) is 19.1. The van der Waals surface area contributed by atoms with E-state index in [0.717, 1.165) is 18.8 Å². The van der Waals surface area contributed by atoms with E-state index in [1.807, 2.05) is 12.1 Å². The van der Waals surface area contributed by atoms with Gasteiger partial charge in [0.1, 0.15) is 5.75 Å². The summed E-state index contributed by atoms with van der Waals surface area (Å²) >= 11 is 11.4. The summed E-state index contributed by atoms with van der Waals surface area (Å²) in [6, 6.07) is 15.3. The molecule has 0 saturated heterocycles. The van der Waals surface area contributed by atoms with Crippen LogP contribution in [0.2, 0.25) is 0 Å². The molecule has 0 fully saturated rings. The lowest BCUT2D eigenvalue weighted by molar-refractivity contribution is 0.0697. The molecule has 0 spiro atoms. The van der Waals surface area contributed by atoms with E-state index in [1.54, 1.807) is 42.5 Å². The Bertz CT molecular complexity index is 570. The van der Waals surface area contributed by atoms with Crippen molar-refractivity contribution in [1.29, 1.82) is 0 Å². The third-order valence-electron chi connectivity index (χ3n) is 2.94. The zero-order valence-electron chi connectivity index (χ0n) is 12.5. The maximum absolute atomic E-state index is 10.2. The molecule has 0 bridgehead atoms. The normalized spacial score (nSPS) is 9.65. The van der Waals surface area contributed by atoms with Crippen LogP contribution in [-0.4, -0.2) is 41.0 Å². The van der Waals surface area contributed by atoms with Crippen LogP contribution in [0.15, 0.2) is 54.6 Å². The lowest BCUT2D eigenvalue weighted by Gasteiger charge is -2.22. The Morgan fingerprint density at radius 2 is 1.43 bits per heavy atom. The lowest BCUT2D eigenvalue weighted by atomic mass is 10.2. The van der Waals surface area contributed by atoms with Gasteiger partial charge in [-0.1, -0.05) is 18.2 Å². The number of phenolic OH excluding ortho intramolecular Hbond substituents is 1. The number of hydrogen-bond acceptors (Lipinski definition) is 3. The molecule has 0 amide bonds. The van der Waals surface area contributed by atoms with Gasteiger partial charge in [-0.3, -0.25) is 0 Å². The van der Waals surface area contributed by atoms with Crippen molar-refractivity contribution in [3.8, 4) is 5.75 Å². The summed E-state index contributed by atoms with van der Waals surface area (Å²) in [4.78, 5) is 12.3. The highest BCUT2D eigenvalue weighted by molar-refractivity contribution is 6.18. The summed E-state index contributed by atoms with van der Waals surface area (Å²) in [6.45, 7) is 1.53. The molecule has 0 radical (unpaired) electrons. The topological polar surface area (TPSA) is 60.8 Å². The predicted octanol–water partition coefficient (Wildman–Crippen LogP) is 4.06. The van der Waals surface area contributed by atoms with E-state index in [0.29, 0.717) is 17.3 Å². The Kier molecular flexibility index (Phi) is 8.95. The predicted molar refractivity (Wildman–Crippen MR) is 95.2 cm³/mol. The van der Waals surface area contributed by atoms with Gasteiger partial charge >= 0.3 is 5.97 Å². The summed E-state index contributed by atoms with van der Waals surface area (Å²) in [5, 5.41) is 17.5. The number of aromatic hydroxyl groups is 1. The number of carbonyl (C=O) groups is 1. The van der Waals surface area contributed by atoms with Crippen molar-refractivity contribution < 1.29 is 15.0 Å². The summed E-state index contributed by atoms with van der Waals surface area (Å²) in [5.74, 6) is 0.524. The molecular formula is C17H19Cl2NO3. The molecule has 4 nitrogen and oxygen atoms in total. The molecule has 0 saturated carbocycles. The number of benzene rings is 2. The molecule has 2 aromatic rings. The Morgan fingerprint density at radius 3 is 1.83 bits per heavy atom. The molecule has 0 aliphatic heterocycles. The van der Waals surface area contributed by atoms with Gasteiger partial charge in [-0.15, -0.1) is 23.2 Å². The summed E-state index contributed by atoms with van der Waals surface area (Å²) < 4.78 is 0. The van der Waals surface area contributed by atoms with Gasteiger partial charge in [0.2, 0.25) is 0 Å². The number of carboxylic acid groups (broad SMARTS) is 1. The minimum Gasteiger partial charge on any atom is -0.508 e. The standard InChI is InChI=1S/C10H13Cl2NO.C7H6O2/c11-5-7-13(8-6-12)9-1-3-10(14)4-2-9;8-7(9)6-4-2-1-3-5-6/h1-4,14H,5-8H2;1-5H,(H,8,9). The van der Waals surface area contributed by atoms with E-state index in [-0.39, 0.29) is 5.75 Å². The van der Waals surface area contributed by atoms with Crippen LogP contribution >= 0.6 is 23.2 Å². The molecule has 0 aliphatic carbocycles. The van der Waals surface area contributed by atoms with Crippen LogP contribution in [0.25, 0.3) is 0 Å². The largest absolute Gasteiger partial charge is 0.508 e. The maximum atomic E-state index is 10.2. The van der Waals surface area contributed by atoms with Crippen LogP contribution in [0, 0.1) is 0 Å². The van der Waals surface area contributed by atoms with Crippen LogP contribution < -0.4 is 4.90 Å². The van der Waals surface area contributed by atoms with Crippen molar-refractivity contribution in [3.05, 3.63) is 60.2 Å². The second-order valence-electron chi connectivity index (χ2n) is 4.55. The van der Waals surface area contributed by atoms with Gasteiger partial charge < -0.3 is 15.1 Å². The number of halogens is 2. The highest BCUT2D eigenvalue weighted by Crippen LogP contribution is 2.18. The Hall–Kier alpha value is -1.91. The molecule has 0 aromatic heterocycles. The van der Waals surface area contributed by atoms with Crippen LogP contribution in [-0.2, 0) is 0 Å². The number of carboxylic acids is 1. The van der Waals surface area contributed by atoms with Crippen LogP contribution in [0.3, 0.4) is 0 Å². The second kappa shape index (κ2) is 10.8. The number of hydrogen-bond donors (Lipinski definition) is 2. The Balaban J connectivity index is 0.000000253. The van der Waals surface area contributed by atoms with Gasteiger partial charge in [-0.2, -0.15) is 0 Å². The first-order chi connectivity index (χ1) is 11.1. The number of aromatic carboxylic acids is 1. The van der Waals surface area contributed by atoms with Crippen LogP contribution in [0.4, 0.5) is 5.69 Å². The smallest absolute Gasteiger partial charge is 0.335 e. The maximum Gasteiger partial charge on any atom is 0.335 e. The summed E-state index contributed by atoms with van der Waals surface area (Å²) in [6.07, 6.45) is 0. The minimum absolute atomic E-state index is 0.269. The van der Waals surface area contributed by atoms with Crippen LogP contribution in [0.1, 0.15) is 10.4 Å². The second-order valence-corrected chi connectivity index (χ2v) is 5.31. The van der Waals surface area contributed by atoms with Crippen molar-refractivity contribution in [2.75, 3.05) is 29.7 Å². The quantitative estimate of drug-likeness (QED) is 0.767. The highest BCUT2D eigenvalue weighted by atomic mass is 35.5. The molecule has 0 aliphatic rings. The van der Waals surface area contributed by atoms with Crippen molar-refractivity contribution >= 4 is 34.9 Å². The molecule has 6 heteroatoms. The Labute approximate surface area is 145 Å². The van der Waals surface area contributed by atoms with Gasteiger partial charge in [-0.25, -0.2) is 4.79 Å². The van der Waals surface area contributed by atoms with E-state index >= 15 is 0 Å². The first-order valence-electron chi connectivity index (χ1n) is 7.02. The molecule has 0 unspecified atom stereocenters. The lowest BCUT2D eigenvalue weighted by Crippen LogP contribution is -2.27. The molecule has 0 atom stereocenters. The third-order valence-corrected chi connectivity index (χ3v) is 3.28. The van der Waals surface area contributed by atoms with Gasteiger partial charge in [-0.05, 0) is 36.4 Å². The number of nitrogens with zero attached hydrogens (tertiary/aromatic N) is 1. The molecule has 23 heavy (non-hydrogen) atoms. The average molecular weight is 356 g/mol. The highest BCUT2D eigenvalue weighted by Gasteiger charge is 2.04. The molecule has 0 heterocycles. The van der Waals surface area contributed by atoms with Crippen molar-refractivity contribution in [2.45, 2.75) is 0 Å². The van der Waals surface area contributed by atoms with Crippen molar-refractivity contribution in [2.24, 2.45) is 0 Å². The fraction of sp³-hybridized carbons (Fsp3) is 0.235. The average Bonchev–Trinajstić information content (AvgIpc) is 2.57. The molecule has 124 valence electrons. The van der Waals surface area contributed by atoms with Crippen molar-refractivity contribution in [3.63, 3.8) is 0 Å². The number of alkyl halides is 2. The van der Waals surface area contributed by atoms with Gasteiger partial charge in [0.25, 0.3) is 0 Å². The molecule has 2 N–H and O–H groups in total. The first-order valence-corrected chi connectivity index (χ1v) is 8.09. The van der Waals surface area contributed by atoms with Gasteiger partial charge in [0.05, 0.1) is 5.56 Å². The zero-order valence-corrected chi connectivity index (χ0v) is 14.0. The van der Waals surface area contributed by atoms with Crippen molar-refractivity contribution in [1.82, 2.24) is 0 Å². The zero-order chi connectivity index (χ0) is 17.1. The van der Waals surface area contributed by atoms with E-state index in [1.165, 1.54) is 0 Å². The SMILES string of the molecule is O=C(O)c1ccccc1.Oc1ccc(N(CCCl)CCCl)cc1. The van der Waals surface area contributed by atoms with E-state index < -0.39 is 5.97 Å². The number of rotatable bonds is 6. The fourth-order valence-electron chi connectivity index (χ4n) is 1.82. The minimum atomic E-state index is -0.879. The van der Waals surface area contributed by atoms with E-state index in [9.17, 15) is 4.79 Å². The summed E-state index contributed by atoms with van der Waals surface area (Å²) in [5.41, 5.74) is 1.36. The number of anilines is 1. The fourth-order valence-corrected chi connectivity index (χ4v) is 2.23. The third kappa shape index (κ3) is 7.26. The Morgan fingerprint density at radius 1 is 0.913 bits per heavy atom. The van der Waals surface area contributed by atoms with E-state index in [2.05, 4.69) is 4.90 Å². The van der Waals surface area contributed by atoms with Gasteiger partial charge in [0, 0.05) is 30.5 Å². The number of phenols is 1. The van der Waals surface area contributed by atoms with E-state index in [4.69, 9.17) is 33.4 Å². The van der Waals surface area contributed by atoms with Crippen LogP contribution in [0.5, 0.6) is 5.75 Å². The molecule has 2 rings (SSSR count).